The van der Waals surface area contributed by atoms with Crippen molar-refractivity contribution in [2.75, 3.05) is 17.1 Å². The van der Waals surface area contributed by atoms with Crippen molar-refractivity contribution in [1.29, 1.82) is 0 Å². The molecule has 2 heterocycles. The van der Waals surface area contributed by atoms with Gasteiger partial charge >= 0.3 is 0 Å². The Morgan fingerprint density at radius 1 is 0.839 bits per heavy atom. The molecule has 0 radical (unpaired) electrons. The standard InChI is InChI=1S/C24H20N2O5/c1-30-19-13-9-16(10-14-19)25-23(28)20-21(15-7-11-18(27)12-8-15)26(31-22(20)24(25)29)17-5-3-2-4-6-17/h2-14,20-22,27H,1H3/t20-,21-,22-/m1/s1. The summed E-state index contributed by atoms with van der Waals surface area (Å²) in [6, 6.07) is 22.2. The molecule has 2 aliphatic rings. The van der Waals surface area contributed by atoms with Gasteiger partial charge in [-0.3, -0.25) is 14.4 Å². The van der Waals surface area contributed by atoms with Gasteiger partial charge in [-0.25, -0.2) is 9.96 Å². The van der Waals surface area contributed by atoms with Crippen LogP contribution in [0.25, 0.3) is 0 Å². The van der Waals surface area contributed by atoms with Crippen LogP contribution in [0.5, 0.6) is 11.5 Å². The largest absolute Gasteiger partial charge is 0.508 e. The molecular weight excluding hydrogens is 396 g/mol. The van der Waals surface area contributed by atoms with Crippen LogP contribution in [-0.4, -0.2) is 30.1 Å². The minimum absolute atomic E-state index is 0.124. The molecule has 0 saturated carbocycles. The lowest BCUT2D eigenvalue weighted by Gasteiger charge is -2.28. The van der Waals surface area contributed by atoms with Crippen molar-refractivity contribution in [3.8, 4) is 11.5 Å². The van der Waals surface area contributed by atoms with Crippen LogP contribution in [-0.2, 0) is 14.4 Å². The van der Waals surface area contributed by atoms with Gasteiger partial charge in [0.25, 0.3) is 5.91 Å². The quantitative estimate of drug-likeness (QED) is 0.657. The van der Waals surface area contributed by atoms with E-state index < -0.39 is 24.0 Å². The van der Waals surface area contributed by atoms with E-state index in [0.29, 0.717) is 11.4 Å². The first-order chi connectivity index (χ1) is 15.1. The fourth-order valence-electron chi connectivity index (χ4n) is 4.21. The highest BCUT2D eigenvalue weighted by atomic mass is 16.7. The number of ether oxygens (including phenoxy) is 1. The number of anilines is 2. The van der Waals surface area contributed by atoms with Crippen molar-refractivity contribution < 1.29 is 24.3 Å². The number of hydroxylamine groups is 1. The fraction of sp³-hybridized carbons (Fsp3) is 0.167. The summed E-state index contributed by atoms with van der Waals surface area (Å²) in [5, 5.41) is 11.3. The fourth-order valence-corrected chi connectivity index (χ4v) is 4.21. The van der Waals surface area contributed by atoms with E-state index in [1.807, 2.05) is 30.3 Å². The lowest BCUT2D eigenvalue weighted by molar-refractivity contribution is -0.126. The summed E-state index contributed by atoms with van der Waals surface area (Å²) in [5.74, 6) is -0.686. The average Bonchev–Trinajstić information content (AvgIpc) is 3.31. The third kappa shape index (κ3) is 3.10. The third-order valence-corrected chi connectivity index (χ3v) is 5.69. The summed E-state index contributed by atoms with van der Waals surface area (Å²) in [6.45, 7) is 0. The summed E-state index contributed by atoms with van der Waals surface area (Å²) in [6.07, 6.45) is -0.936. The van der Waals surface area contributed by atoms with Crippen molar-refractivity contribution in [2.45, 2.75) is 12.1 Å². The zero-order chi connectivity index (χ0) is 21.5. The molecule has 7 heteroatoms. The second-order valence-electron chi connectivity index (χ2n) is 7.46. The first kappa shape index (κ1) is 19.1. The van der Waals surface area contributed by atoms with E-state index in [0.717, 1.165) is 11.3 Å². The SMILES string of the molecule is COc1ccc(N2C(=O)[C@@H]3[C@@H](c4ccc(O)cc4)N(c4ccccc4)O[C@H]3C2=O)cc1. The average molecular weight is 416 g/mol. The Balaban J connectivity index is 1.56. The molecule has 2 saturated heterocycles. The number of nitrogens with zero attached hydrogens (tertiary/aromatic N) is 2. The van der Waals surface area contributed by atoms with Crippen molar-refractivity contribution in [2.24, 2.45) is 5.92 Å². The number of phenols is 1. The molecular formula is C24H20N2O5. The Labute approximate surface area is 179 Å². The van der Waals surface area contributed by atoms with E-state index in [9.17, 15) is 14.7 Å². The Morgan fingerprint density at radius 2 is 1.52 bits per heavy atom. The first-order valence-electron chi connectivity index (χ1n) is 9.90. The van der Waals surface area contributed by atoms with E-state index in [1.54, 1.807) is 60.7 Å². The highest BCUT2D eigenvalue weighted by molar-refractivity contribution is 6.23. The van der Waals surface area contributed by atoms with Crippen LogP contribution in [0, 0.1) is 5.92 Å². The number of benzene rings is 3. The highest BCUT2D eigenvalue weighted by Gasteiger charge is 2.60. The normalized spacial score (nSPS) is 22.7. The number of aromatic hydroxyl groups is 1. The number of fused-ring (bicyclic) bond motifs is 1. The van der Waals surface area contributed by atoms with Crippen LogP contribution < -0.4 is 14.7 Å². The molecule has 0 spiro atoms. The number of methoxy groups -OCH3 is 1. The molecule has 0 aromatic heterocycles. The third-order valence-electron chi connectivity index (χ3n) is 5.69. The molecule has 3 atom stereocenters. The van der Waals surface area contributed by atoms with Gasteiger partial charge in [0.15, 0.2) is 6.10 Å². The molecule has 156 valence electrons. The molecule has 2 amide bonds. The zero-order valence-electron chi connectivity index (χ0n) is 16.7. The van der Waals surface area contributed by atoms with Gasteiger partial charge in [0.1, 0.15) is 17.4 Å². The summed E-state index contributed by atoms with van der Waals surface area (Å²) in [7, 11) is 1.56. The number of para-hydroxylation sites is 1. The number of phenolic OH excluding ortho intramolecular Hbond substituents is 1. The lowest BCUT2D eigenvalue weighted by atomic mass is 9.90. The maximum absolute atomic E-state index is 13.5. The van der Waals surface area contributed by atoms with Gasteiger partial charge in [0.05, 0.1) is 24.5 Å². The maximum Gasteiger partial charge on any atom is 0.266 e. The van der Waals surface area contributed by atoms with Gasteiger partial charge in [-0.15, -0.1) is 0 Å². The van der Waals surface area contributed by atoms with Crippen molar-refractivity contribution >= 4 is 23.2 Å². The van der Waals surface area contributed by atoms with Gasteiger partial charge in [0, 0.05) is 0 Å². The number of hydrogen-bond donors (Lipinski definition) is 1. The summed E-state index contributed by atoms with van der Waals surface area (Å²) in [5.41, 5.74) is 1.99. The van der Waals surface area contributed by atoms with Crippen LogP contribution in [0.15, 0.2) is 78.9 Å². The van der Waals surface area contributed by atoms with Crippen molar-refractivity contribution in [3.05, 3.63) is 84.4 Å². The molecule has 31 heavy (non-hydrogen) atoms. The van der Waals surface area contributed by atoms with Gasteiger partial charge in [-0.1, -0.05) is 30.3 Å². The molecule has 3 aromatic carbocycles. The summed E-state index contributed by atoms with van der Waals surface area (Å²) >= 11 is 0. The Kier molecular flexibility index (Phi) is 4.60. The Bertz CT molecular complexity index is 1110. The van der Waals surface area contributed by atoms with E-state index >= 15 is 0 Å². The van der Waals surface area contributed by atoms with E-state index in [-0.39, 0.29) is 11.7 Å². The maximum atomic E-state index is 13.5. The molecule has 0 aliphatic carbocycles. The molecule has 0 bridgehead atoms. The highest BCUT2D eigenvalue weighted by Crippen LogP contribution is 2.47. The molecule has 2 aliphatic heterocycles. The predicted molar refractivity (Wildman–Crippen MR) is 114 cm³/mol. The summed E-state index contributed by atoms with van der Waals surface area (Å²) < 4.78 is 5.17. The molecule has 1 N–H and O–H groups in total. The zero-order valence-corrected chi connectivity index (χ0v) is 16.7. The van der Waals surface area contributed by atoms with Crippen LogP contribution in [0.4, 0.5) is 11.4 Å². The predicted octanol–water partition coefficient (Wildman–Crippen LogP) is 3.45. The van der Waals surface area contributed by atoms with Crippen molar-refractivity contribution in [1.82, 2.24) is 0 Å². The van der Waals surface area contributed by atoms with E-state index in [4.69, 9.17) is 9.57 Å². The first-order valence-corrected chi connectivity index (χ1v) is 9.90. The molecule has 5 rings (SSSR count). The second-order valence-corrected chi connectivity index (χ2v) is 7.46. The monoisotopic (exact) mass is 416 g/mol. The molecule has 7 nitrogen and oxygen atoms in total. The van der Waals surface area contributed by atoms with Crippen LogP contribution in [0.1, 0.15) is 11.6 Å². The molecule has 3 aromatic rings. The minimum Gasteiger partial charge on any atom is -0.508 e. The number of carbonyl (C=O) groups excluding carboxylic acids is 2. The van der Waals surface area contributed by atoms with Crippen LogP contribution >= 0.6 is 0 Å². The second kappa shape index (κ2) is 7.45. The Morgan fingerprint density at radius 3 is 2.16 bits per heavy atom. The number of carbonyl (C=O) groups is 2. The van der Waals surface area contributed by atoms with Gasteiger partial charge in [-0.05, 0) is 54.1 Å². The van der Waals surface area contributed by atoms with Crippen LogP contribution in [0.2, 0.25) is 0 Å². The van der Waals surface area contributed by atoms with Crippen LogP contribution in [0.3, 0.4) is 0 Å². The van der Waals surface area contributed by atoms with E-state index in [2.05, 4.69) is 0 Å². The molecule has 0 unspecified atom stereocenters. The van der Waals surface area contributed by atoms with Gasteiger partial charge in [-0.2, -0.15) is 0 Å². The molecule has 2 fully saturated rings. The number of rotatable bonds is 4. The van der Waals surface area contributed by atoms with Gasteiger partial charge in [0.2, 0.25) is 5.91 Å². The smallest absolute Gasteiger partial charge is 0.266 e. The van der Waals surface area contributed by atoms with Crippen molar-refractivity contribution in [3.63, 3.8) is 0 Å². The number of imide groups is 1. The number of amides is 2. The Hall–Kier alpha value is -3.84. The van der Waals surface area contributed by atoms with E-state index in [1.165, 1.54) is 4.90 Å². The lowest BCUT2D eigenvalue weighted by Crippen LogP contribution is -2.37. The minimum atomic E-state index is -0.936. The summed E-state index contributed by atoms with van der Waals surface area (Å²) in [4.78, 5) is 34.0. The number of hydrogen-bond acceptors (Lipinski definition) is 6. The topological polar surface area (TPSA) is 79.3 Å². The van der Waals surface area contributed by atoms with Gasteiger partial charge < -0.3 is 9.84 Å².